The van der Waals surface area contributed by atoms with E-state index in [2.05, 4.69) is 13.8 Å². The number of ether oxygens (including phenoxy) is 4. The van der Waals surface area contributed by atoms with Gasteiger partial charge in [-0.05, 0) is 12.8 Å². The predicted molar refractivity (Wildman–Crippen MR) is 91.7 cm³/mol. The fourth-order valence-electron chi connectivity index (χ4n) is 1.98. The number of rotatable bonds is 18. The fraction of sp³-hybridized carbons (Fsp3) is 0.944. The van der Waals surface area contributed by atoms with Gasteiger partial charge in [-0.2, -0.15) is 0 Å². The lowest BCUT2D eigenvalue weighted by atomic mass is 10.2. The van der Waals surface area contributed by atoms with Crippen molar-refractivity contribution in [2.24, 2.45) is 0 Å². The van der Waals surface area contributed by atoms with E-state index in [1.165, 1.54) is 25.7 Å². The number of esters is 1. The molecule has 0 fully saturated rings. The van der Waals surface area contributed by atoms with E-state index in [4.69, 9.17) is 18.9 Å². The van der Waals surface area contributed by atoms with E-state index in [1.54, 1.807) is 0 Å². The molecule has 0 aromatic carbocycles. The topological polar surface area (TPSA) is 54.0 Å². The molecule has 0 amide bonds. The Kier molecular flexibility index (Phi) is 18.8. The summed E-state index contributed by atoms with van der Waals surface area (Å²) in [5, 5.41) is 0. The predicted octanol–water partition coefficient (Wildman–Crippen LogP) is 3.74. The third kappa shape index (κ3) is 19.3. The Labute approximate surface area is 142 Å². The van der Waals surface area contributed by atoms with Gasteiger partial charge in [-0.25, -0.2) is 0 Å². The van der Waals surface area contributed by atoms with E-state index >= 15 is 0 Å². The van der Waals surface area contributed by atoms with Crippen LogP contribution >= 0.6 is 0 Å². The minimum Gasteiger partial charge on any atom is -0.463 e. The van der Waals surface area contributed by atoms with Gasteiger partial charge in [0.2, 0.25) is 0 Å². The molecule has 0 saturated heterocycles. The Morgan fingerprint density at radius 3 is 1.74 bits per heavy atom. The second-order valence-electron chi connectivity index (χ2n) is 5.58. The van der Waals surface area contributed by atoms with Gasteiger partial charge in [0.05, 0.1) is 33.0 Å². The third-order valence-corrected chi connectivity index (χ3v) is 3.36. The van der Waals surface area contributed by atoms with Crippen molar-refractivity contribution in [2.45, 2.75) is 65.2 Å². The highest BCUT2D eigenvalue weighted by molar-refractivity contribution is 5.69. The molecule has 5 nitrogen and oxygen atoms in total. The average molecular weight is 332 g/mol. The molecule has 0 aromatic rings. The minimum absolute atomic E-state index is 0.124. The van der Waals surface area contributed by atoms with Crippen LogP contribution in [0, 0.1) is 0 Å². The van der Waals surface area contributed by atoms with Gasteiger partial charge < -0.3 is 18.9 Å². The Morgan fingerprint density at radius 2 is 1.13 bits per heavy atom. The normalized spacial score (nSPS) is 10.9. The molecule has 0 aliphatic rings. The Bertz CT molecular complexity index is 246. The zero-order chi connectivity index (χ0) is 17.0. The van der Waals surface area contributed by atoms with Crippen molar-refractivity contribution in [3.8, 4) is 0 Å². The summed E-state index contributed by atoms with van der Waals surface area (Å²) in [5.41, 5.74) is 0. The van der Waals surface area contributed by atoms with Crippen LogP contribution < -0.4 is 0 Å². The van der Waals surface area contributed by atoms with Gasteiger partial charge in [0.15, 0.2) is 0 Å². The number of unbranched alkanes of at least 4 members (excludes halogenated alkanes) is 5. The molecule has 23 heavy (non-hydrogen) atoms. The van der Waals surface area contributed by atoms with Crippen molar-refractivity contribution < 1.29 is 23.7 Å². The van der Waals surface area contributed by atoms with Crippen LogP contribution in [0.2, 0.25) is 0 Å². The molecule has 0 N–H and O–H groups in total. The molecule has 5 heteroatoms. The second-order valence-corrected chi connectivity index (χ2v) is 5.58. The maximum absolute atomic E-state index is 11.4. The lowest BCUT2D eigenvalue weighted by molar-refractivity contribution is -0.145. The molecule has 0 aliphatic carbocycles. The lowest BCUT2D eigenvalue weighted by Crippen LogP contribution is -2.14. The van der Waals surface area contributed by atoms with Crippen molar-refractivity contribution >= 4 is 5.97 Å². The van der Waals surface area contributed by atoms with Crippen LogP contribution in [0.5, 0.6) is 0 Å². The standard InChI is InChI=1S/C18H36O5/c1-3-5-7-8-10-18(19)23-17-16-22-15-14-21-13-12-20-11-9-6-4-2/h3-17H2,1-2H3. The molecule has 0 saturated carbocycles. The third-order valence-electron chi connectivity index (χ3n) is 3.36. The smallest absolute Gasteiger partial charge is 0.305 e. The minimum atomic E-state index is -0.124. The first-order valence-electron chi connectivity index (χ1n) is 9.20. The summed E-state index contributed by atoms with van der Waals surface area (Å²) in [4.78, 5) is 11.4. The number of hydrogen-bond acceptors (Lipinski definition) is 5. The molecule has 0 spiro atoms. The van der Waals surface area contributed by atoms with Gasteiger partial charge >= 0.3 is 5.97 Å². The van der Waals surface area contributed by atoms with Crippen LogP contribution in [0.25, 0.3) is 0 Å². The molecule has 0 heterocycles. The maximum Gasteiger partial charge on any atom is 0.305 e. The molecule has 0 radical (unpaired) electrons. The van der Waals surface area contributed by atoms with Crippen LogP contribution in [-0.4, -0.2) is 52.2 Å². The number of hydrogen-bond donors (Lipinski definition) is 0. The van der Waals surface area contributed by atoms with Crippen LogP contribution in [0.4, 0.5) is 0 Å². The number of carbonyl (C=O) groups is 1. The summed E-state index contributed by atoms with van der Waals surface area (Å²) in [7, 11) is 0. The zero-order valence-corrected chi connectivity index (χ0v) is 15.1. The van der Waals surface area contributed by atoms with Gasteiger partial charge in [0.1, 0.15) is 6.61 Å². The van der Waals surface area contributed by atoms with Crippen molar-refractivity contribution in [3.05, 3.63) is 0 Å². The van der Waals surface area contributed by atoms with Crippen molar-refractivity contribution in [1.82, 2.24) is 0 Å². The van der Waals surface area contributed by atoms with Gasteiger partial charge in [0, 0.05) is 13.0 Å². The highest BCUT2D eigenvalue weighted by Gasteiger charge is 2.02. The molecule has 138 valence electrons. The highest BCUT2D eigenvalue weighted by atomic mass is 16.6. The second kappa shape index (κ2) is 19.4. The summed E-state index contributed by atoms with van der Waals surface area (Å²) in [5.74, 6) is -0.124. The van der Waals surface area contributed by atoms with E-state index in [-0.39, 0.29) is 5.97 Å². The molecule has 0 rings (SSSR count). The van der Waals surface area contributed by atoms with Crippen LogP contribution in [0.15, 0.2) is 0 Å². The Balaban J connectivity index is 3.08. The molecule has 0 bridgehead atoms. The first-order valence-corrected chi connectivity index (χ1v) is 9.20. The molecule has 0 unspecified atom stereocenters. The van der Waals surface area contributed by atoms with E-state index in [0.29, 0.717) is 46.1 Å². The van der Waals surface area contributed by atoms with Crippen molar-refractivity contribution in [3.63, 3.8) is 0 Å². The summed E-state index contributed by atoms with van der Waals surface area (Å²) in [6.07, 6.45) is 8.45. The van der Waals surface area contributed by atoms with E-state index in [0.717, 1.165) is 25.9 Å². The summed E-state index contributed by atoms with van der Waals surface area (Å²) >= 11 is 0. The van der Waals surface area contributed by atoms with Crippen molar-refractivity contribution in [1.29, 1.82) is 0 Å². The summed E-state index contributed by atoms with van der Waals surface area (Å²) in [6.45, 7) is 8.20. The van der Waals surface area contributed by atoms with Gasteiger partial charge in [-0.1, -0.05) is 46.0 Å². The van der Waals surface area contributed by atoms with E-state index in [1.807, 2.05) is 0 Å². The maximum atomic E-state index is 11.4. The monoisotopic (exact) mass is 332 g/mol. The zero-order valence-electron chi connectivity index (χ0n) is 15.1. The van der Waals surface area contributed by atoms with Gasteiger partial charge in [-0.3, -0.25) is 4.79 Å². The Morgan fingerprint density at radius 1 is 0.609 bits per heavy atom. The van der Waals surface area contributed by atoms with Crippen LogP contribution in [0.1, 0.15) is 65.2 Å². The summed E-state index contributed by atoms with van der Waals surface area (Å²) in [6, 6.07) is 0. The fourth-order valence-corrected chi connectivity index (χ4v) is 1.98. The quantitative estimate of drug-likeness (QED) is 0.283. The molecular formula is C18H36O5. The lowest BCUT2D eigenvalue weighted by Gasteiger charge is -2.07. The largest absolute Gasteiger partial charge is 0.463 e. The SMILES string of the molecule is CCCCCCC(=O)OCCOCCOCCOCCCCC. The first-order chi connectivity index (χ1) is 11.3. The highest BCUT2D eigenvalue weighted by Crippen LogP contribution is 2.03. The number of carbonyl (C=O) groups excluding carboxylic acids is 1. The molecule has 0 aliphatic heterocycles. The van der Waals surface area contributed by atoms with Crippen LogP contribution in [0.3, 0.4) is 0 Å². The van der Waals surface area contributed by atoms with Gasteiger partial charge in [-0.15, -0.1) is 0 Å². The molecular weight excluding hydrogens is 296 g/mol. The van der Waals surface area contributed by atoms with Crippen molar-refractivity contribution in [2.75, 3.05) is 46.2 Å². The van der Waals surface area contributed by atoms with Crippen LogP contribution in [-0.2, 0) is 23.7 Å². The van der Waals surface area contributed by atoms with E-state index < -0.39 is 0 Å². The average Bonchev–Trinajstić information content (AvgIpc) is 2.56. The van der Waals surface area contributed by atoms with Gasteiger partial charge in [0.25, 0.3) is 0 Å². The molecule has 0 atom stereocenters. The Hall–Kier alpha value is -0.650. The van der Waals surface area contributed by atoms with E-state index in [9.17, 15) is 4.79 Å². The summed E-state index contributed by atoms with van der Waals surface area (Å²) < 4.78 is 21.3. The molecule has 0 aromatic heterocycles. The first kappa shape index (κ1) is 22.4.